The lowest BCUT2D eigenvalue weighted by Crippen LogP contribution is -2.46. The summed E-state index contributed by atoms with van der Waals surface area (Å²) in [5.41, 5.74) is 0.858. The van der Waals surface area contributed by atoms with E-state index in [1.807, 2.05) is 30.3 Å². The minimum Gasteiger partial charge on any atom is -0.445 e. The Labute approximate surface area is 236 Å². The highest BCUT2D eigenvalue weighted by atomic mass is 16.7. The molecule has 1 aliphatic heterocycles. The molecule has 2 fully saturated rings. The van der Waals surface area contributed by atoms with E-state index in [1.54, 1.807) is 21.3 Å². The van der Waals surface area contributed by atoms with Crippen LogP contribution in [0.5, 0.6) is 0 Å². The van der Waals surface area contributed by atoms with Crippen molar-refractivity contribution in [3.63, 3.8) is 0 Å². The van der Waals surface area contributed by atoms with Crippen LogP contribution in [0.15, 0.2) is 30.3 Å². The number of amides is 1. The van der Waals surface area contributed by atoms with Gasteiger partial charge in [0, 0.05) is 66.7 Å². The smallest absolute Gasteiger partial charge is 0.409 e. The highest BCUT2D eigenvalue weighted by Crippen LogP contribution is 2.41. The van der Waals surface area contributed by atoms with E-state index in [0.717, 1.165) is 5.56 Å². The van der Waals surface area contributed by atoms with Crippen LogP contribution in [-0.4, -0.2) is 116 Å². The SMILES string of the molecule is COCO[C@@H]1C(C(CN(C)C(=O)OCc2ccccc2)C(=O)CCC2OCCO2)[C@H](OCOC)[C@H](OC)[C@@H]1OC. The summed E-state index contributed by atoms with van der Waals surface area (Å²) < 4.78 is 50.7. The van der Waals surface area contributed by atoms with E-state index in [-0.39, 0.29) is 38.9 Å². The van der Waals surface area contributed by atoms with E-state index in [9.17, 15) is 9.59 Å². The fraction of sp³-hybridized carbons (Fsp3) is 0.714. The number of Topliss-reactive ketones (excluding diaryl/α,β-unsaturated/α-hetero) is 1. The Balaban J connectivity index is 1.86. The van der Waals surface area contributed by atoms with Gasteiger partial charge in [-0.2, -0.15) is 0 Å². The summed E-state index contributed by atoms with van der Waals surface area (Å²) >= 11 is 0. The van der Waals surface area contributed by atoms with E-state index in [1.165, 1.54) is 19.1 Å². The van der Waals surface area contributed by atoms with Crippen molar-refractivity contribution in [3.05, 3.63) is 35.9 Å². The molecule has 1 aliphatic carbocycles. The summed E-state index contributed by atoms with van der Waals surface area (Å²) in [6.07, 6.45) is -2.87. The summed E-state index contributed by atoms with van der Waals surface area (Å²) in [6.45, 7) is 1.08. The molecule has 0 spiro atoms. The summed E-state index contributed by atoms with van der Waals surface area (Å²) in [6, 6.07) is 9.38. The lowest BCUT2D eigenvalue weighted by atomic mass is 9.82. The van der Waals surface area contributed by atoms with Gasteiger partial charge in [-0.05, 0) is 5.56 Å². The second kappa shape index (κ2) is 16.9. The molecule has 0 radical (unpaired) electrons. The van der Waals surface area contributed by atoms with Gasteiger partial charge in [0.2, 0.25) is 0 Å². The molecule has 2 aliphatic rings. The first kappa shape index (κ1) is 32.4. The molecule has 1 aromatic carbocycles. The number of carbonyl (C=O) groups is 2. The minimum atomic E-state index is -0.725. The van der Waals surface area contributed by atoms with Crippen LogP contribution in [0.3, 0.4) is 0 Å². The van der Waals surface area contributed by atoms with Crippen LogP contribution < -0.4 is 0 Å². The zero-order chi connectivity index (χ0) is 28.9. The molecule has 226 valence electrons. The molecule has 1 saturated carbocycles. The summed E-state index contributed by atoms with van der Waals surface area (Å²) in [7, 11) is 7.73. The fourth-order valence-corrected chi connectivity index (χ4v) is 5.36. The molecular weight excluding hydrogens is 526 g/mol. The number of rotatable bonds is 17. The second-order valence-electron chi connectivity index (χ2n) is 9.76. The molecule has 1 saturated heterocycles. The monoisotopic (exact) mass is 569 g/mol. The molecule has 12 heteroatoms. The number of benzene rings is 1. The molecule has 2 unspecified atom stereocenters. The third kappa shape index (κ3) is 8.67. The van der Waals surface area contributed by atoms with E-state index in [2.05, 4.69) is 0 Å². The number of carbonyl (C=O) groups excluding carboxylic acids is 2. The van der Waals surface area contributed by atoms with Crippen molar-refractivity contribution in [1.82, 2.24) is 4.90 Å². The first-order chi connectivity index (χ1) is 19.4. The van der Waals surface area contributed by atoms with E-state index in [0.29, 0.717) is 19.6 Å². The van der Waals surface area contributed by atoms with Crippen LogP contribution in [0.1, 0.15) is 18.4 Å². The number of hydrogen-bond donors (Lipinski definition) is 0. The topological polar surface area (TPSA) is 120 Å². The van der Waals surface area contributed by atoms with Crippen molar-refractivity contribution in [1.29, 1.82) is 0 Å². The predicted octanol–water partition coefficient (Wildman–Crippen LogP) is 2.23. The Bertz CT molecular complexity index is 860. The van der Waals surface area contributed by atoms with Crippen LogP contribution in [-0.2, 0) is 54.0 Å². The lowest BCUT2D eigenvalue weighted by Gasteiger charge is -2.34. The fourth-order valence-electron chi connectivity index (χ4n) is 5.36. The van der Waals surface area contributed by atoms with Gasteiger partial charge in [0.05, 0.1) is 25.4 Å². The maximum absolute atomic E-state index is 13.9. The number of hydrogen-bond acceptors (Lipinski definition) is 11. The standard InChI is InChI=1S/C28H43NO11/c1-29(28(31)38-16-19-9-7-6-8-10-19)15-20(21(30)11-12-22-36-13-14-37-22)23-24(39-17-32-2)26(34-4)27(35-5)25(23)40-18-33-3/h6-10,20,22-27H,11-18H2,1-5H3/t20?,23?,24-,25+,26-,27+. The number of ether oxygens (including phenoxy) is 9. The minimum absolute atomic E-state index is 0.0337. The van der Waals surface area contributed by atoms with E-state index >= 15 is 0 Å². The molecule has 0 bridgehead atoms. The van der Waals surface area contributed by atoms with Crippen molar-refractivity contribution >= 4 is 11.9 Å². The first-order valence-corrected chi connectivity index (χ1v) is 13.4. The van der Waals surface area contributed by atoms with Crippen molar-refractivity contribution in [2.75, 3.05) is 68.8 Å². The van der Waals surface area contributed by atoms with Crippen molar-refractivity contribution in [2.24, 2.45) is 11.8 Å². The van der Waals surface area contributed by atoms with Gasteiger partial charge in [0.25, 0.3) is 0 Å². The number of nitrogens with zero attached hydrogens (tertiary/aromatic N) is 1. The van der Waals surface area contributed by atoms with Gasteiger partial charge in [-0.15, -0.1) is 0 Å². The summed E-state index contributed by atoms with van der Waals surface area (Å²) in [5.74, 6) is -1.39. The van der Waals surface area contributed by atoms with Crippen molar-refractivity contribution in [2.45, 2.75) is 50.2 Å². The van der Waals surface area contributed by atoms with Crippen LogP contribution in [0.25, 0.3) is 0 Å². The largest absolute Gasteiger partial charge is 0.445 e. The zero-order valence-electron chi connectivity index (χ0n) is 24.0. The van der Waals surface area contributed by atoms with Crippen LogP contribution in [0.4, 0.5) is 4.79 Å². The molecular formula is C28H43NO11. The van der Waals surface area contributed by atoms with Crippen molar-refractivity contribution in [3.8, 4) is 0 Å². The number of ketones is 1. The Kier molecular flexibility index (Phi) is 13.7. The normalized spacial score (nSPS) is 25.7. The lowest BCUT2D eigenvalue weighted by molar-refractivity contribution is -0.155. The maximum Gasteiger partial charge on any atom is 0.409 e. The maximum atomic E-state index is 13.9. The van der Waals surface area contributed by atoms with Crippen LogP contribution in [0.2, 0.25) is 0 Å². The quantitative estimate of drug-likeness (QED) is 0.257. The van der Waals surface area contributed by atoms with E-state index in [4.69, 9.17) is 42.6 Å². The van der Waals surface area contributed by atoms with Crippen molar-refractivity contribution < 1.29 is 52.2 Å². The second-order valence-corrected chi connectivity index (χ2v) is 9.76. The summed E-state index contributed by atoms with van der Waals surface area (Å²) in [5, 5.41) is 0. The Morgan fingerprint density at radius 2 is 1.48 bits per heavy atom. The molecule has 1 heterocycles. The summed E-state index contributed by atoms with van der Waals surface area (Å²) in [4.78, 5) is 28.3. The Morgan fingerprint density at radius 1 is 0.900 bits per heavy atom. The van der Waals surface area contributed by atoms with E-state index < -0.39 is 48.6 Å². The average Bonchev–Trinajstić information content (AvgIpc) is 3.60. The van der Waals surface area contributed by atoms with Gasteiger partial charge in [-0.3, -0.25) is 4.79 Å². The highest BCUT2D eigenvalue weighted by molar-refractivity contribution is 5.82. The van der Waals surface area contributed by atoms with Gasteiger partial charge < -0.3 is 47.5 Å². The Morgan fingerprint density at radius 3 is 2.00 bits per heavy atom. The third-order valence-electron chi connectivity index (χ3n) is 7.21. The molecule has 12 nitrogen and oxygen atoms in total. The first-order valence-electron chi connectivity index (χ1n) is 13.4. The third-order valence-corrected chi connectivity index (χ3v) is 7.21. The predicted molar refractivity (Wildman–Crippen MR) is 141 cm³/mol. The molecule has 3 rings (SSSR count). The average molecular weight is 570 g/mol. The molecule has 1 amide bonds. The molecule has 0 N–H and O–H groups in total. The molecule has 1 aromatic rings. The van der Waals surface area contributed by atoms with Crippen LogP contribution >= 0.6 is 0 Å². The van der Waals surface area contributed by atoms with Gasteiger partial charge >= 0.3 is 6.09 Å². The van der Waals surface area contributed by atoms with Gasteiger partial charge in [0.15, 0.2) is 6.29 Å². The number of methoxy groups -OCH3 is 4. The Hall–Kier alpha value is -2.16. The highest BCUT2D eigenvalue weighted by Gasteiger charge is 2.57. The van der Waals surface area contributed by atoms with Gasteiger partial charge in [-0.25, -0.2) is 4.79 Å². The van der Waals surface area contributed by atoms with Gasteiger partial charge in [0.1, 0.15) is 38.2 Å². The zero-order valence-corrected chi connectivity index (χ0v) is 24.0. The van der Waals surface area contributed by atoms with Gasteiger partial charge in [-0.1, -0.05) is 30.3 Å². The molecule has 40 heavy (non-hydrogen) atoms. The van der Waals surface area contributed by atoms with Crippen LogP contribution in [0, 0.1) is 11.8 Å². The molecule has 6 atom stereocenters. The molecule has 0 aromatic heterocycles.